The Hall–Kier alpha value is -0.551. The van der Waals surface area contributed by atoms with Gasteiger partial charge in [0.1, 0.15) is 0 Å². The van der Waals surface area contributed by atoms with Crippen molar-refractivity contribution in [2.45, 2.75) is 20.9 Å². The molecule has 0 aliphatic heterocycles. The summed E-state index contributed by atoms with van der Waals surface area (Å²) in [5.41, 5.74) is 0.403. The molecule has 4 heteroatoms. The number of benzene rings is 1. The van der Waals surface area contributed by atoms with E-state index in [-0.39, 0.29) is 0 Å². The molecule has 1 unspecified atom stereocenters. The standard InChI is InChI=1S/C8H8O3.3CH3.Sn/c9-7(8(10)11)6-4-2-1-3-5-6;;;;/h1-5,7,9H,(H,10,11);3*1H3;. The Kier molecular flexibility index (Phi) is 7.42. The fourth-order valence-corrected chi connectivity index (χ4v) is 0.778. The SMILES string of the molecule is O=C(O)C(O)c1ccccc1.[CH3][Sn]([CH3])[CH3]. The second kappa shape index (κ2) is 7.70. The molecule has 1 aromatic rings. The first-order valence-corrected chi connectivity index (χ1v) is 13.2. The Labute approximate surface area is 97.5 Å². The van der Waals surface area contributed by atoms with Crippen LogP contribution in [0.4, 0.5) is 0 Å². The fourth-order valence-electron chi connectivity index (χ4n) is 0.778. The molecule has 3 nitrogen and oxygen atoms in total. The van der Waals surface area contributed by atoms with Gasteiger partial charge in [-0.25, -0.2) is 4.79 Å². The molecule has 0 bridgehead atoms. The Morgan fingerprint density at radius 2 is 1.60 bits per heavy atom. The van der Waals surface area contributed by atoms with Crippen LogP contribution >= 0.6 is 0 Å². The molecule has 0 spiro atoms. The van der Waals surface area contributed by atoms with E-state index in [1.165, 1.54) is 0 Å². The molecule has 0 fully saturated rings. The molecule has 0 amide bonds. The monoisotopic (exact) mass is 317 g/mol. The van der Waals surface area contributed by atoms with Gasteiger partial charge in [-0.2, -0.15) is 0 Å². The second-order valence-electron chi connectivity index (χ2n) is 3.65. The number of hydrogen-bond acceptors (Lipinski definition) is 2. The van der Waals surface area contributed by atoms with Gasteiger partial charge in [-0.3, -0.25) is 0 Å². The molecule has 2 N–H and O–H groups in total. The average Bonchev–Trinajstić information content (AvgIpc) is 2.17. The summed E-state index contributed by atoms with van der Waals surface area (Å²) in [5.74, 6) is -1.23. The van der Waals surface area contributed by atoms with E-state index in [0.717, 1.165) is 0 Å². The third kappa shape index (κ3) is 7.39. The molecule has 1 aromatic carbocycles. The maximum atomic E-state index is 10.2. The molecule has 0 heterocycles. The van der Waals surface area contributed by atoms with Gasteiger partial charge in [-0.15, -0.1) is 0 Å². The zero-order chi connectivity index (χ0) is 11.8. The Morgan fingerprint density at radius 1 is 1.20 bits per heavy atom. The van der Waals surface area contributed by atoms with Gasteiger partial charge in [0, 0.05) is 0 Å². The van der Waals surface area contributed by atoms with Crippen molar-refractivity contribution in [2.24, 2.45) is 0 Å². The van der Waals surface area contributed by atoms with Crippen LogP contribution in [0.1, 0.15) is 11.7 Å². The van der Waals surface area contributed by atoms with Gasteiger partial charge in [0.05, 0.1) is 0 Å². The predicted molar refractivity (Wildman–Crippen MR) is 62.4 cm³/mol. The summed E-state index contributed by atoms with van der Waals surface area (Å²) in [6.45, 7) is 0. The molecule has 0 aliphatic carbocycles. The van der Waals surface area contributed by atoms with Crippen molar-refractivity contribution < 1.29 is 15.0 Å². The number of carbonyl (C=O) groups is 1. The van der Waals surface area contributed by atoms with Crippen LogP contribution in [0.15, 0.2) is 30.3 Å². The zero-order valence-corrected chi connectivity index (χ0v) is 12.1. The van der Waals surface area contributed by atoms with Crippen molar-refractivity contribution in [3.05, 3.63) is 35.9 Å². The molecular weight excluding hydrogens is 299 g/mol. The van der Waals surface area contributed by atoms with Crippen molar-refractivity contribution >= 4 is 25.7 Å². The van der Waals surface area contributed by atoms with Crippen LogP contribution in [-0.4, -0.2) is 35.9 Å². The Bertz CT molecular complexity index is 282. The summed E-state index contributed by atoms with van der Waals surface area (Å²) < 4.78 is 0. The molecule has 0 saturated carbocycles. The van der Waals surface area contributed by atoms with Crippen LogP contribution in [0.5, 0.6) is 0 Å². The van der Waals surface area contributed by atoms with Gasteiger partial charge < -0.3 is 10.2 Å². The molecule has 0 saturated heterocycles. The van der Waals surface area contributed by atoms with Crippen molar-refractivity contribution in [1.82, 2.24) is 0 Å². The summed E-state index contributed by atoms with van der Waals surface area (Å²) >= 11 is -0.543. The number of hydrogen-bond donors (Lipinski definition) is 2. The molecular formula is C11H17O3Sn. The van der Waals surface area contributed by atoms with E-state index >= 15 is 0 Å². The number of rotatable bonds is 2. The van der Waals surface area contributed by atoms with Crippen LogP contribution in [-0.2, 0) is 4.79 Å². The predicted octanol–water partition coefficient (Wildman–Crippen LogP) is 2.18. The summed E-state index contributed by atoms with van der Waals surface area (Å²) in [7, 11) is 0. The number of aliphatic carboxylic acids is 1. The molecule has 15 heavy (non-hydrogen) atoms. The molecule has 0 aromatic heterocycles. The first-order valence-electron chi connectivity index (χ1n) is 4.67. The summed E-state index contributed by atoms with van der Waals surface area (Å²) in [4.78, 5) is 17.3. The van der Waals surface area contributed by atoms with E-state index in [4.69, 9.17) is 10.2 Å². The molecule has 1 radical (unpaired) electrons. The van der Waals surface area contributed by atoms with Crippen LogP contribution in [0, 0.1) is 0 Å². The van der Waals surface area contributed by atoms with Crippen molar-refractivity contribution in [1.29, 1.82) is 0 Å². The van der Waals surface area contributed by atoms with E-state index in [2.05, 4.69) is 14.8 Å². The minimum absolute atomic E-state index is 0.403. The number of carboxylic acids is 1. The third-order valence-electron chi connectivity index (χ3n) is 1.35. The van der Waals surface area contributed by atoms with Crippen LogP contribution < -0.4 is 0 Å². The Balaban J connectivity index is 0.000000423. The van der Waals surface area contributed by atoms with Crippen LogP contribution in [0.2, 0.25) is 14.8 Å². The first kappa shape index (κ1) is 14.4. The quantitative estimate of drug-likeness (QED) is 0.822. The molecule has 0 aliphatic rings. The van der Waals surface area contributed by atoms with Crippen molar-refractivity contribution in [3.8, 4) is 0 Å². The molecule has 83 valence electrons. The van der Waals surface area contributed by atoms with E-state index in [1.54, 1.807) is 30.3 Å². The first-order chi connectivity index (χ1) is 6.95. The third-order valence-corrected chi connectivity index (χ3v) is 1.35. The topological polar surface area (TPSA) is 57.5 Å². The maximum absolute atomic E-state index is 10.2. The number of aliphatic hydroxyl groups excluding tert-OH is 1. The van der Waals surface area contributed by atoms with Crippen LogP contribution in [0.25, 0.3) is 0 Å². The van der Waals surface area contributed by atoms with Gasteiger partial charge in [0.25, 0.3) is 0 Å². The summed E-state index contributed by atoms with van der Waals surface area (Å²) in [6.07, 6.45) is -1.41. The minimum atomic E-state index is -1.41. The van der Waals surface area contributed by atoms with Crippen molar-refractivity contribution in [2.75, 3.05) is 0 Å². The van der Waals surface area contributed by atoms with E-state index in [0.29, 0.717) is 5.56 Å². The Morgan fingerprint density at radius 3 is 1.93 bits per heavy atom. The van der Waals surface area contributed by atoms with Gasteiger partial charge >= 0.3 is 40.5 Å². The molecule has 1 atom stereocenters. The van der Waals surface area contributed by atoms with Crippen LogP contribution in [0.3, 0.4) is 0 Å². The number of carboxylic acid groups (broad SMARTS) is 1. The zero-order valence-electron chi connectivity index (χ0n) is 9.27. The normalized spacial score (nSPS) is 11.5. The molecule has 1 rings (SSSR count). The van der Waals surface area contributed by atoms with Gasteiger partial charge in [-0.1, -0.05) is 30.3 Å². The van der Waals surface area contributed by atoms with Gasteiger partial charge in [-0.05, 0) is 5.56 Å². The second-order valence-corrected chi connectivity index (χ2v) is 12.2. The summed E-state index contributed by atoms with van der Waals surface area (Å²) in [5, 5.41) is 17.4. The van der Waals surface area contributed by atoms with Gasteiger partial charge in [0.15, 0.2) is 6.10 Å². The average molecular weight is 316 g/mol. The van der Waals surface area contributed by atoms with E-state index in [1.807, 2.05) is 0 Å². The number of aliphatic hydroxyl groups is 1. The van der Waals surface area contributed by atoms with Gasteiger partial charge in [0.2, 0.25) is 0 Å². The summed E-state index contributed by atoms with van der Waals surface area (Å²) in [6, 6.07) is 8.26. The fraction of sp³-hybridized carbons (Fsp3) is 0.364. The van der Waals surface area contributed by atoms with E-state index < -0.39 is 31.8 Å². The van der Waals surface area contributed by atoms with E-state index in [9.17, 15) is 4.79 Å². The van der Waals surface area contributed by atoms with Crippen molar-refractivity contribution in [3.63, 3.8) is 0 Å².